The van der Waals surface area contributed by atoms with E-state index in [0.29, 0.717) is 0 Å². The molecule has 0 aliphatic carbocycles. The monoisotopic (exact) mass is 414 g/mol. The number of nitrogens with zero attached hydrogens (tertiary/aromatic N) is 2. The highest BCUT2D eigenvalue weighted by molar-refractivity contribution is 6.01. The van der Waals surface area contributed by atoms with E-state index in [1.165, 1.54) is 22.3 Å². The summed E-state index contributed by atoms with van der Waals surface area (Å²) in [6, 6.07) is 43.8. The summed E-state index contributed by atoms with van der Waals surface area (Å²) in [4.78, 5) is 7.73. The number of aliphatic imine (C=N–C) groups is 1. The van der Waals surface area contributed by atoms with E-state index < -0.39 is 0 Å². The van der Waals surface area contributed by atoms with Crippen molar-refractivity contribution >= 4 is 5.84 Å². The van der Waals surface area contributed by atoms with Crippen LogP contribution in [0.2, 0.25) is 0 Å². The van der Waals surface area contributed by atoms with Crippen molar-refractivity contribution in [1.29, 1.82) is 0 Å². The third-order valence-electron chi connectivity index (χ3n) is 7.28. The molecule has 1 saturated heterocycles. The Bertz CT molecular complexity index is 1190. The van der Waals surface area contributed by atoms with Crippen LogP contribution in [0.3, 0.4) is 0 Å². The SMILES string of the molecule is c1ccc(C2=NC[C@]3(c4ccccc4)CC(c4ccccc4)(c4ccccc4)CN23)cc1. The van der Waals surface area contributed by atoms with E-state index in [-0.39, 0.29) is 11.0 Å². The first kappa shape index (κ1) is 19.1. The zero-order valence-electron chi connectivity index (χ0n) is 18.1. The van der Waals surface area contributed by atoms with Gasteiger partial charge in [-0.3, -0.25) is 4.99 Å². The molecule has 2 nitrogen and oxygen atoms in total. The molecule has 0 saturated carbocycles. The number of fused-ring (bicyclic) bond motifs is 1. The Morgan fingerprint density at radius 3 is 1.56 bits per heavy atom. The molecule has 2 heteroatoms. The van der Waals surface area contributed by atoms with Gasteiger partial charge in [-0.05, 0) is 23.1 Å². The third kappa shape index (κ3) is 2.83. The van der Waals surface area contributed by atoms with Crippen LogP contribution in [0, 0.1) is 0 Å². The molecule has 1 atom stereocenters. The van der Waals surface area contributed by atoms with Crippen molar-refractivity contribution in [2.75, 3.05) is 13.1 Å². The van der Waals surface area contributed by atoms with Gasteiger partial charge in [0.2, 0.25) is 0 Å². The minimum absolute atomic E-state index is 0.103. The molecule has 0 N–H and O–H groups in total. The molecule has 1 fully saturated rings. The van der Waals surface area contributed by atoms with E-state index in [4.69, 9.17) is 4.99 Å². The fourth-order valence-corrected chi connectivity index (χ4v) is 5.78. The van der Waals surface area contributed by atoms with Crippen LogP contribution in [0.1, 0.15) is 28.7 Å². The Morgan fingerprint density at radius 2 is 1.03 bits per heavy atom. The average Bonchev–Trinajstić information content (AvgIpc) is 3.41. The molecule has 32 heavy (non-hydrogen) atoms. The van der Waals surface area contributed by atoms with E-state index in [2.05, 4.69) is 126 Å². The highest BCUT2D eigenvalue weighted by Gasteiger charge is 2.58. The molecule has 0 bridgehead atoms. The molecule has 6 rings (SSSR count). The number of amidine groups is 1. The zero-order valence-corrected chi connectivity index (χ0v) is 18.1. The second-order valence-electron chi connectivity index (χ2n) is 8.98. The lowest BCUT2D eigenvalue weighted by Crippen LogP contribution is -2.42. The third-order valence-corrected chi connectivity index (χ3v) is 7.28. The Morgan fingerprint density at radius 1 is 0.562 bits per heavy atom. The summed E-state index contributed by atoms with van der Waals surface area (Å²) in [5.74, 6) is 1.11. The highest BCUT2D eigenvalue weighted by atomic mass is 15.3. The topological polar surface area (TPSA) is 15.6 Å². The van der Waals surface area contributed by atoms with Crippen LogP contribution < -0.4 is 0 Å². The largest absolute Gasteiger partial charge is 0.344 e. The van der Waals surface area contributed by atoms with Gasteiger partial charge in [-0.25, -0.2) is 0 Å². The summed E-state index contributed by atoms with van der Waals surface area (Å²) < 4.78 is 0. The van der Waals surface area contributed by atoms with Crippen LogP contribution in [0.15, 0.2) is 126 Å². The van der Waals surface area contributed by atoms with Crippen molar-refractivity contribution < 1.29 is 0 Å². The highest BCUT2D eigenvalue weighted by Crippen LogP contribution is 2.55. The van der Waals surface area contributed by atoms with Gasteiger partial charge in [0.25, 0.3) is 0 Å². The first-order chi connectivity index (χ1) is 15.8. The van der Waals surface area contributed by atoms with Crippen LogP contribution in [-0.2, 0) is 11.0 Å². The summed E-state index contributed by atoms with van der Waals surface area (Å²) in [6.45, 7) is 1.69. The van der Waals surface area contributed by atoms with Gasteiger partial charge in [0.1, 0.15) is 5.84 Å². The normalized spacial score (nSPS) is 21.2. The van der Waals surface area contributed by atoms with Crippen LogP contribution in [0.5, 0.6) is 0 Å². The van der Waals surface area contributed by atoms with Crippen molar-refractivity contribution in [3.05, 3.63) is 144 Å². The maximum Gasteiger partial charge on any atom is 0.131 e. The van der Waals surface area contributed by atoms with Crippen LogP contribution in [0.4, 0.5) is 0 Å². The standard InChI is InChI=1S/C30H26N2/c1-5-13-24(14-6-1)28-31-22-30(27-19-11-4-12-20-27)21-29(23-32(28)30,25-15-7-2-8-16-25)26-17-9-3-10-18-26/h1-20H,21-23H2/t30-/m0/s1. The summed E-state index contributed by atoms with van der Waals surface area (Å²) in [7, 11) is 0. The number of hydrogen-bond acceptors (Lipinski definition) is 2. The van der Waals surface area contributed by atoms with E-state index in [9.17, 15) is 0 Å². The molecule has 0 amide bonds. The fraction of sp³-hybridized carbons (Fsp3) is 0.167. The first-order valence-corrected chi connectivity index (χ1v) is 11.4. The maximum atomic E-state index is 5.13. The fourth-order valence-electron chi connectivity index (χ4n) is 5.78. The van der Waals surface area contributed by atoms with Crippen LogP contribution in [0.25, 0.3) is 0 Å². The lowest BCUT2D eigenvalue weighted by atomic mass is 9.69. The van der Waals surface area contributed by atoms with Crippen molar-refractivity contribution in [1.82, 2.24) is 4.90 Å². The number of benzene rings is 4. The molecule has 2 heterocycles. The second-order valence-corrected chi connectivity index (χ2v) is 8.98. The molecule has 2 aliphatic rings. The Balaban J connectivity index is 1.56. The molecule has 4 aromatic rings. The molecular weight excluding hydrogens is 388 g/mol. The molecule has 0 aromatic heterocycles. The predicted molar refractivity (Wildman–Crippen MR) is 131 cm³/mol. The van der Waals surface area contributed by atoms with Crippen LogP contribution >= 0.6 is 0 Å². The van der Waals surface area contributed by atoms with Gasteiger partial charge >= 0.3 is 0 Å². The van der Waals surface area contributed by atoms with E-state index in [1.807, 2.05) is 0 Å². The Labute approximate surface area is 189 Å². The summed E-state index contributed by atoms with van der Waals surface area (Å²) in [5, 5.41) is 0. The molecule has 0 unspecified atom stereocenters. The van der Waals surface area contributed by atoms with Crippen molar-refractivity contribution in [2.45, 2.75) is 17.4 Å². The molecule has 156 valence electrons. The molecule has 0 spiro atoms. The van der Waals surface area contributed by atoms with Gasteiger partial charge in [-0.15, -0.1) is 0 Å². The number of rotatable bonds is 4. The van der Waals surface area contributed by atoms with Crippen molar-refractivity contribution in [3.8, 4) is 0 Å². The average molecular weight is 415 g/mol. The lowest BCUT2D eigenvalue weighted by molar-refractivity contribution is 0.269. The van der Waals surface area contributed by atoms with Gasteiger partial charge in [0.05, 0.1) is 12.1 Å². The van der Waals surface area contributed by atoms with Gasteiger partial charge in [-0.1, -0.05) is 121 Å². The lowest BCUT2D eigenvalue weighted by Gasteiger charge is -2.34. The maximum absolute atomic E-state index is 5.13. The molecule has 2 aliphatic heterocycles. The van der Waals surface area contributed by atoms with Crippen LogP contribution in [-0.4, -0.2) is 23.8 Å². The predicted octanol–water partition coefficient (Wildman–Crippen LogP) is 6.03. The molecular formula is C30H26N2. The van der Waals surface area contributed by atoms with Crippen molar-refractivity contribution in [3.63, 3.8) is 0 Å². The second kappa shape index (κ2) is 7.49. The van der Waals surface area contributed by atoms with Gasteiger partial charge < -0.3 is 4.90 Å². The van der Waals surface area contributed by atoms with Gasteiger partial charge in [0.15, 0.2) is 0 Å². The van der Waals surface area contributed by atoms with E-state index in [1.54, 1.807) is 0 Å². The van der Waals surface area contributed by atoms with Gasteiger partial charge in [-0.2, -0.15) is 0 Å². The number of hydrogen-bond donors (Lipinski definition) is 0. The van der Waals surface area contributed by atoms with E-state index >= 15 is 0 Å². The van der Waals surface area contributed by atoms with Gasteiger partial charge in [0, 0.05) is 17.5 Å². The minimum atomic E-state index is -0.155. The summed E-state index contributed by atoms with van der Waals surface area (Å²) in [6.07, 6.45) is 0.998. The van der Waals surface area contributed by atoms with Crippen molar-refractivity contribution in [2.24, 2.45) is 4.99 Å². The zero-order chi connectivity index (χ0) is 21.4. The van der Waals surface area contributed by atoms with E-state index in [0.717, 1.165) is 25.3 Å². The minimum Gasteiger partial charge on any atom is -0.344 e. The Hall–Kier alpha value is -3.65. The first-order valence-electron chi connectivity index (χ1n) is 11.4. The smallest absolute Gasteiger partial charge is 0.131 e. The molecule has 4 aromatic carbocycles. The quantitative estimate of drug-likeness (QED) is 0.398. The summed E-state index contributed by atoms with van der Waals surface area (Å²) in [5.41, 5.74) is 5.05. The summed E-state index contributed by atoms with van der Waals surface area (Å²) >= 11 is 0. The Kier molecular flexibility index (Phi) is 4.46. The molecule has 0 radical (unpaired) electrons.